The number of anilines is 3. The monoisotopic (exact) mass is 1090 g/mol. The Morgan fingerprint density at radius 1 is 0.353 bits per heavy atom. The molecular weight excluding hydrogens is 1040 g/mol. The molecule has 0 saturated carbocycles. The Morgan fingerprint density at radius 2 is 0.788 bits per heavy atom. The summed E-state index contributed by atoms with van der Waals surface area (Å²) in [7, 11) is 0. The van der Waals surface area contributed by atoms with Crippen LogP contribution in [0.4, 0.5) is 17.1 Å². The molecule has 5 heteroatoms. The first-order chi connectivity index (χ1) is 41.8. The third kappa shape index (κ3) is 9.63. The van der Waals surface area contributed by atoms with Gasteiger partial charge in [0.05, 0.1) is 16.4 Å². The fourth-order valence-electron chi connectivity index (χ4n) is 12.2. The summed E-state index contributed by atoms with van der Waals surface area (Å²) in [5.41, 5.74) is 19.4. The summed E-state index contributed by atoms with van der Waals surface area (Å²) >= 11 is 0. The van der Waals surface area contributed by atoms with Gasteiger partial charge in [0.15, 0.2) is 0 Å². The number of rotatable bonds is 16. The van der Waals surface area contributed by atoms with Gasteiger partial charge in [-0.3, -0.25) is 0 Å². The number of hydrogen-bond acceptors (Lipinski definition) is 4. The number of aryl methyl sites for hydroxylation is 1. The minimum atomic E-state index is -0.640. The molecule has 14 rings (SSSR count). The summed E-state index contributed by atoms with van der Waals surface area (Å²) < 4.78 is 21.5. The second-order valence-electron chi connectivity index (χ2n) is 21.5. The van der Waals surface area contributed by atoms with Gasteiger partial charge in [0.2, 0.25) is 0 Å². The van der Waals surface area contributed by atoms with Gasteiger partial charge in [0.1, 0.15) is 34.5 Å². The Balaban J connectivity index is 0.851. The standard InChI is InChI=1S/C80H58N2O3/c1-5-55-19-37-66(38-20-55)83-69-43-28-61(29-44-69)80(60-13-9-8-10-14-60)76-16-12-11-15-72(76)73-48-36-65(52-77(73)80)81(62-30-17-54(4)18-31-62)63-32-25-58(26-33-63)59-27-49-78-74(51-59)75-53-71(85-68-41-23-57(7-3)24-42-68)47-50-79(75)82(78)64-34-45-70(46-35-64)84-67-39-21-56(6-2)22-40-67/h5-53H,1-3H2,4H3. The minimum absolute atomic E-state index is 0.640. The highest BCUT2D eigenvalue weighted by Gasteiger charge is 2.46. The molecule has 0 spiro atoms. The molecular formula is C80H58N2O3. The molecule has 12 aromatic carbocycles. The lowest BCUT2D eigenvalue weighted by atomic mass is 9.67. The van der Waals surface area contributed by atoms with E-state index in [1.54, 1.807) is 0 Å². The van der Waals surface area contributed by atoms with Gasteiger partial charge in [0.25, 0.3) is 0 Å². The van der Waals surface area contributed by atoms with Crippen LogP contribution >= 0.6 is 0 Å². The number of ether oxygens (including phenoxy) is 3. The van der Waals surface area contributed by atoms with Crippen LogP contribution in [0, 0.1) is 6.92 Å². The van der Waals surface area contributed by atoms with Crippen molar-refractivity contribution in [1.29, 1.82) is 0 Å². The average Bonchev–Trinajstić information content (AvgIpc) is 1.67. The molecule has 1 aromatic heterocycles. The Kier molecular flexibility index (Phi) is 13.4. The molecule has 1 heterocycles. The Bertz CT molecular complexity index is 4620. The predicted molar refractivity (Wildman–Crippen MR) is 353 cm³/mol. The topological polar surface area (TPSA) is 35.9 Å². The van der Waals surface area contributed by atoms with E-state index in [0.717, 1.165) is 112 Å². The van der Waals surface area contributed by atoms with E-state index < -0.39 is 5.41 Å². The van der Waals surface area contributed by atoms with Gasteiger partial charge in [-0.15, -0.1) is 0 Å². The molecule has 0 bridgehead atoms. The van der Waals surface area contributed by atoms with Crippen LogP contribution in [0.2, 0.25) is 0 Å². The van der Waals surface area contributed by atoms with Crippen molar-refractivity contribution in [2.24, 2.45) is 0 Å². The highest BCUT2D eigenvalue weighted by atomic mass is 16.5. The lowest BCUT2D eigenvalue weighted by molar-refractivity contribution is 0.482. The summed E-state index contributed by atoms with van der Waals surface area (Å²) in [6, 6.07) is 98.7. The van der Waals surface area contributed by atoms with Gasteiger partial charge in [-0.05, 0) is 208 Å². The molecule has 0 aliphatic heterocycles. The maximum atomic E-state index is 6.51. The molecule has 85 heavy (non-hydrogen) atoms. The van der Waals surface area contributed by atoms with E-state index in [4.69, 9.17) is 14.2 Å². The largest absolute Gasteiger partial charge is 0.457 e. The van der Waals surface area contributed by atoms with Crippen molar-refractivity contribution in [1.82, 2.24) is 4.57 Å². The minimum Gasteiger partial charge on any atom is -0.457 e. The summed E-state index contributed by atoms with van der Waals surface area (Å²) in [6.07, 6.45) is 5.50. The first kappa shape index (κ1) is 52.0. The fourth-order valence-corrected chi connectivity index (χ4v) is 12.2. The van der Waals surface area contributed by atoms with Gasteiger partial charge in [-0.1, -0.05) is 183 Å². The van der Waals surface area contributed by atoms with Crippen LogP contribution in [0.5, 0.6) is 34.5 Å². The number of benzene rings is 12. The van der Waals surface area contributed by atoms with E-state index in [9.17, 15) is 0 Å². The molecule has 0 radical (unpaired) electrons. The van der Waals surface area contributed by atoms with Crippen LogP contribution in [0.1, 0.15) is 44.5 Å². The number of nitrogens with zero attached hydrogens (tertiary/aromatic N) is 2. The van der Waals surface area contributed by atoms with Crippen molar-refractivity contribution in [3.05, 3.63) is 343 Å². The van der Waals surface area contributed by atoms with Crippen LogP contribution in [-0.2, 0) is 5.41 Å². The zero-order chi connectivity index (χ0) is 57.4. The first-order valence-corrected chi connectivity index (χ1v) is 28.6. The van der Waals surface area contributed by atoms with E-state index in [2.05, 4.69) is 224 Å². The molecule has 406 valence electrons. The second-order valence-corrected chi connectivity index (χ2v) is 21.5. The van der Waals surface area contributed by atoms with Crippen LogP contribution in [0.3, 0.4) is 0 Å². The van der Waals surface area contributed by atoms with Gasteiger partial charge >= 0.3 is 0 Å². The molecule has 1 aliphatic rings. The van der Waals surface area contributed by atoms with Crippen LogP contribution < -0.4 is 19.1 Å². The van der Waals surface area contributed by atoms with E-state index in [-0.39, 0.29) is 0 Å². The van der Waals surface area contributed by atoms with Gasteiger partial charge in [-0.2, -0.15) is 0 Å². The quantitative estimate of drug-likeness (QED) is 0.0966. The molecule has 1 aliphatic carbocycles. The lowest BCUT2D eigenvalue weighted by Crippen LogP contribution is -2.28. The molecule has 13 aromatic rings. The predicted octanol–water partition coefficient (Wildman–Crippen LogP) is 21.9. The summed E-state index contributed by atoms with van der Waals surface area (Å²) in [6.45, 7) is 13.9. The Hall–Kier alpha value is -11.1. The van der Waals surface area contributed by atoms with Crippen LogP contribution in [0.25, 0.3) is 68.0 Å². The van der Waals surface area contributed by atoms with Crippen molar-refractivity contribution in [2.75, 3.05) is 4.90 Å². The summed E-state index contributed by atoms with van der Waals surface area (Å²) in [4.78, 5) is 2.38. The summed E-state index contributed by atoms with van der Waals surface area (Å²) in [5.74, 6) is 4.57. The number of aromatic nitrogens is 1. The Morgan fingerprint density at radius 3 is 1.36 bits per heavy atom. The van der Waals surface area contributed by atoms with Crippen LogP contribution in [0.15, 0.2) is 299 Å². The molecule has 0 fully saturated rings. The van der Waals surface area contributed by atoms with Gasteiger partial charge in [-0.25, -0.2) is 0 Å². The van der Waals surface area contributed by atoms with Crippen molar-refractivity contribution in [2.45, 2.75) is 12.3 Å². The summed E-state index contributed by atoms with van der Waals surface area (Å²) in [5, 5.41) is 2.18. The van der Waals surface area contributed by atoms with Crippen molar-refractivity contribution < 1.29 is 14.2 Å². The maximum absolute atomic E-state index is 6.51. The number of hydrogen-bond donors (Lipinski definition) is 0. The molecule has 0 N–H and O–H groups in total. The van der Waals surface area contributed by atoms with Crippen molar-refractivity contribution >= 4 is 57.1 Å². The molecule has 5 nitrogen and oxygen atoms in total. The molecule has 0 amide bonds. The third-order valence-electron chi connectivity index (χ3n) is 16.4. The zero-order valence-electron chi connectivity index (χ0n) is 47.0. The SMILES string of the molecule is C=Cc1ccc(Oc2ccc(-n3c4ccc(Oc5ccc(C=C)cc5)cc4c4cc(-c5ccc(N(c6ccc(C)cc6)c6ccc7c(c6)C(c6ccccc6)(c6ccc(Oc8ccc(C=C)cc8)cc6)c6ccccc6-7)cc5)ccc43)cc2)cc1. The highest BCUT2D eigenvalue weighted by Crippen LogP contribution is 2.57. The van der Waals surface area contributed by atoms with Crippen molar-refractivity contribution in [3.8, 4) is 62.4 Å². The lowest BCUT2D eigenvalue weighted by Gasteiger charge is -2.35. The van der Waals surface area contributed by atoms with Gasteiger partial charge in [0, 0.05) is 33.5 Å². The van der Waals surface area contributed by atoms with E-state index in [1.165, 1.54) is 33.4 Å². The normalized spacial score (nSPS) is 13.2. The van der Waals surface area contributed by atoms with Crippen LogP contribution in [-0.4, -0.2) is 4.57 Å². The average molecular weight is 1100 g/mol. The number of fused-ring (bicyclic) bond motifs is 6. The fraction of sp³-hybridized carbons (Fsp3) is 0.0250. The van der Waals surface area contributed by atoms with E-state index in [0.29, 0.717) is 0 Å². The molecule has 1 atom stereocenters. The zero-order valence-corrected chi connectivity index (χ0v) is 47.0. The van der Waals surface area contributed by atoms with E-state index >= 15 is 0 Å². The molecule has 0 saturated heterocycles. The maximum Gasteiger partial charge on any atom is 0.128 e. The molecule has 1 unspecified atom stereocenters. The van der Waals surface area contributed by atoms with Gasteiger partial charge < -0.3 is 23.7 Å². The third-order valence-corrected chi connectivity index (χ3v) is 16.4. The van der Waals surface area contributed by atoms with E-state index in [1.807, 2.05) is 109 Å². The van der Waals surface area contributed by atoms with Crippen molar-refractivity contribution in [3.63, 3.8) is 0 Å². The second kappa shape index (κ2) is 22.0. The first-order valence-electron chi connectivity index (χ1n) is 28.6. The Labute approximate surface area is 496 Å². The smallest absolute Gasteiger partial charge is 0.128 e. The highest BCUT2D eigenvalue weighted by molar-refractivity contribution is 6.11.